The summed E-state index contributed by atoms with van der Waals surface area (Å²) in [4.78, 5) is 26.2. The molecule has 6 nitrogen and oxygen atoms in total. The molecule has 0 unspecified atom stereocenters. The van der Waals surface area contributed by atoms with Crippen LogP contribution >= 0.6 is 0 Å². The molecule has 1 N–H and O–H groups in total. The topological polar surface area (TPSA) is 67.9 Å². The molecule has 1 aromatic rings. The lowest BCUT2D eigenvalue weighted by Gasteiger charge is -2.32. The van der Waals surface area contributed by atoms with Gasteiger partial charge >= 0.3 is 0 Å². The fourth-order valence-corrected chi connectivity index (χ4v) is 3.12. The normalized spacial score (nSPS) is 15.2. The summed E-state index contributed by atoms with van der Waals surface area (Å²) in [6, 6.07) is 5.55. The van der Waals surface area contributed by atoms with Crippen molar-refractivity contribution in [2.75, 3.05) is 27.3 Å². The van der Waals surface area contributed by atoms with Crippen LogP contribution in [0.2, 0.25) is 0 Å². The SMILES string of the molecule is COc1ccc(/C=C/C(=O)NC2CCN(C(=O)CC(C)C)CC2)c(OC)c1. The number of rotatable bonds is 7. The van der Waals surface area contributed by atoms with E-state index in [1.807, 2.05) is 17.0 Å². The molecule has 1 saturated heterocycles. The highest BCUT2D eigenvalue weighted by atomic mass is 16.5. The number of ether oxygens (including phenoxy) is 2. The first-order chi connectivity index (χ1) is 12.9. The standard InChI is InChI=1S/C21H30N2O4/c1-15(2)13-21(25)23-11-9-17(10-12-23)22-20(24)8-6-16-5-7-18(26-3)14-19(16)27-4/h5-8,14-15,17H,9-13H2,1-4H3,(H,22,24)/b8-6+. The number of carbonyl (C=O) groups excluding carboxylic acids is 2. The summed E-state index contributed by atoms with van der Waals surface area (Å²) in [5.41, 5.74) is 0.808. The second-order valence-corrected chi connectivity index (χ2v) is 7.20. The summed E-state index contributed by atoms with van der Waals surface area (Å²) in [7, 11) is 3.18. The molecule has 0 bridgehead atoms. The molecule has 0 aromatic heterocycles. The molecule has 0 saturated carbocycles. The minimum atomic E-state index is -0.139. The Morgan fingerprint density at radius 1 is 1.22 bits per heavy atom. The Hall–Kier alpha value is -2.50. The predicted octanol–water partition coefficient (Wildman–Crippen LogP) is 2.87. The van der Waals surface area contributed by atoms with Crippen molar-refractivity contribution in [3.8, 4) is 11.5 Å². The van der Waals surface area contributed by atoms with E-state index in [4.69, 9.17) is 9.47 Å². The van der Waals surface area contributed by atoms with E-state index in [1.54, 1.807) is 26.4 Å². The van der Waals surface area contributed by atoms with E-state index >= 15 is 0 Å². The summed E-state index contributed by atoms with van der Waals surface area (Å²) < 4.78 is 10.5. The number of benzene rings is 1. The molecule has 0 radical (unpaired) electrons. The lowest BCUT2D eigenvalue weighted by Crippen LogP contribution is -2.46. The van der Waals surface area contributed by atoms with Crippen molar-refractivity contribution in [2.24, 2.45) is 5.92 Å². The summed E-state index contributed by atoms with van der Waals surface area (Å²) in [6.07, 6.45) is 5.41. The quantitative estimate of drug-likeness (QED) is 0.745. The van der Waals surface area contributed by atoms with Gasteiger partial charge in [0.15, 0.2) is 0 Å². The van der Waals surface area contributed by atoms with Crippen molar-refractivity contribution in [1.82, 2.24) is 10.2 Å². The van der Waals surface area contributed by atoms with Crippen LogP contribution in [0, 0.1) is 5.92 Å². The van der Waals surface area contributed by atoms with Gasteiger partial charge in [0.05, 0.1) is 14.2 Å². The smallest absolute Gasteiger partial charge is 0.244 e. The second kappa shape index (κ2) is 10.00. The first-order valence-corrected chi connectivity index (χ1v) is 9.41. The van der Waals surface area contributed by atoms with E-state index in [0.717, 1.165) is 18.4 Å². The maximum atomic E-state index is 12.2. The summed E-state index contributed by atoms with van der Waals surface area (Å²) in [6.45, 7) is 5.50. The molecule has 0 atom stereocenters. The van der Waals surface area contributed by atoms with Gasteiger partial charge < -0.3 is 19.7 Å². The monoisotopic (exact) mass is 374 g/mol. The molecule has 0 spiro atoms. The number of nitrogens with zero attached hydrogens (tertiary/aromatic N) is 1. The Morgan fingerprint density at radius 2 is 1.93 bits per heavy atom. The predicted molar refractivity (Wildman–Crippen MR) is 106 cm³/mol. The van der Waals surface area contributed by atoms with E-state index in [0.29, 0.717) is 36.9 Å². The van der Waals surface area contributed by atoms with E-state index in [-0.39, 0.29) is 17.9 Å². The van der Waals surface area contributed by atoms with Crippen LogP contribution in [-0.2, 0) is 9.59 Å². The van der Waals surface area contributed by atoms with Gasteiger partial charge in [-0.15, -0.1) is 0 Å². The van der Waals surface area contributed by atoms with Gasteiger partial charge in [0.2, 0.25) is 11.8 Å². The second-order valence-electron chi connectivity index (χ2n) is 7.20. The molecule has 1 heterocycles. The Balaban J connectivity index is 1.85. The Bertz CT molecular complexity index is 677. The lowest BCUT2D eigenvalue weighted by atomic mass is 10.0. The molecular formula is C21H30N2O4. The molecule has 2 amide bonds. The van der Waals surface area contributed by atoms with Gasteiger partial charge in [-0.2, -0.15) is 0 Å². The lowest BCUT2D eigenvalue weighted by molar-refractivity contribution is -0.133. The summed E-state index contributed by atoms with van der Waals surface area (Å²) in [5, 5.41) is 3.02. The Labute approximate surface area is 161 Å². The zero-order valence-corrected chi connectivity index (χ0v) is 16.7. The van der Waals surface area contributed by atoms with E-state index in [1.165, 1.54) is 6.08 Å². The molecule has 1 aliphatic rings. The highest BCUT2D eigenvalue weighted by Gasteiger charge is 2.23. The molecule has 1 aromatic carbocycles. The zero-order valence-electron chi connectivity index (χ0n) is 16.7. The molecule has 1 fully saturated rings. The average Bonchev–Trinajstić information content (AvgIpc) is 2.66. The van der Waals surface area contributed by atoms with Crippen LogP contribution in [0.25, 0.3) is 6.08 Å². The largest absolute Gasteiger partial charge is 0.497 e. The number of likely N-dealkylation sites (tertiary alicyclic amines) is 1. The third-order valence-corrected chi connectivity index (χ3v) is 4.63. The van der Waals surface area contributed by atoms with Gasteiger partial charge in [0, 0.05) is 43.3 Å². The maximum Gasteiger partial charge on any atom is 0.244 e. The maximum absolute atomic E-state index is 12.2. The zero-order chi connectivity index (χ0) is 19.8. The van der Waals surface area contributed by atoms with Crippen LogP contribution < -0.4 is 14.8 Å². The minimum Gasteiger partial charge on any atom is -0.497 e. The van der Waals surface area contributed by atoms with Crippen molar-refractivity contribution in [1.29, 1.82) is 0 Å². The first kappa shape index (κ1) is 20.8. The number of amides is 2. The molecule has 6 heteroatoms. The summed E-state index contributed by atoms with van der Waals surface area (Å²) in [5.74, 6) is 1.79. The number of piperidine rings is 1. The van der Waals surface area contributed by atoms with Gasteiger partial charge in [-0.1, -0.05) is 13.8 Å². The van der Waals surface area contributed by atoms with Crippen molar-refractivity contribution in [3.63, 3.8) is 0 Å². The minimum absolute atomic E-state index is 0.100. The molecule has 2 rings (SSSR count). The molecule has 1 aliphatic heterocycles. The van der Waals surface area contributed by atoms with Crippen molar-refractivity contribution in [2.45, 2.75) is 39.2 Å². The van der Waals surface area contributed by atoms with Gasteiger partial charge in [0.25, 0.3) is 0 Å². The van der Waals surface area contributed by atoms with Crippen LogP contribution in [0.3, 0.4) is 0 Å². The van der Waals surface area contributed by atoms with Crippen molar-refractivity contribution < 1.29 is 19.1 Å². The molecule has 0 aliphatic carbocycles. The van der Waals surface area contributed by atoms with Gasteiger partial charge in [-0.25, -0.2) is 0 Å². The Morgan fingerprint density at radius 3 is 2.52 bits per heavy atom. The summed E-state index contributed by atoms with van der Waals surface area (Å²) >= 11 is 0. The van der Waals surface area contributed by atoms with Crippen molar-refractivity contribution in [3.05, 3.63) is 29.8 Å². The van der Waals surface area contributed by atoms with Gasteiger partial charge in [0.1, 0.15) is 11.5 Å². The van der Waals surface area contributed by atoms with E-state index in [2.05, 4.69) is 19.2 Å². The fourth-order valence-electron chi connectivity index (χ4n) is 3.12. The Kier molecular flexibility index (Phi) is 7.70. The number of hydrogen-bond donors (Lipinski definition) is 1. The van der Waals surface area contributed by atoms with Crippen LogP contribution in [0.1, 0.15) is 38.7 Å². The molecule has 148 valence electrons. The number of nitrogens with one attached hydrogen (secondary N) is 1. The fraction of sp³-hybridized carbons (Fsp3) is 0.524. The third-order valence-electron chi connectivity index (χ3n) is 4.63. The number of carbonyl (C=O) groups is 2. The molecular weight excluding hydrogens is 344 g/mol. The third kappa shape index (κ3) is 6.31. The highest BCUT2D eigenvalue weighted by molar-refractivity contribution is 5.92. The highest BCUT2D eigenvalue weighted by Crippen LogP contribution is 2.25. The van der Waals surface area contributed by atoms with Crippen LogP contribution in [-0.4, -0.2) is 50.1 Å². The number of hydrogen-bond acceptors (Lipinski definition) is 4. The van der Waals surface area contributed by atoms with Crippen molar-refractivity contribution >= 4 is 17.9 Å². The van der Waals surface area contributed by atoms with Gasteiger partial charge in [-0.05, 0) is 37.0 Å². The molecule has 27 heavy (non-hydrogen) atoms. The van der Waals surface area contributed by atoms with E-state index < -0.39 is 0 Å². The van der Waals surface area contributed by atoms with E-state index in [9.17, 15) is 9.59 Å². The average molecular weight is 374 g/mol. The van der Waals surface area contributed by atoms with Crippen LogP contribution in [0.5, 0.6) is 11.5 Å². The van der Waals surface area contributed by atoms with Crippen LogP contribution in [0.4, 0.5) is 0 Å². The number of methoxy groups -OCH3 is 2. The first-order valence-electron chi connectivity index (χ1n) is 9.41. The van der Waals surface area contributed by atoms with Gasteiger partial charge in [-0.3, -0.25) is 9.59 Å². The van der Waals surface area contributed by atoms with Crippen LogP contribution in [0.15, 0.2) is 24.3 Å².